The van der Waals surface area contributed by atoms with Gasteiger partial charge in [0.2, 0.25) is 0 Å². The molecule has 0 spiro atoms. The molecule has 1 unspecified atom stereocenters. The summed E-state index contributed by atoms with van der Waals surface area (Å²) in [5.74, 6) is 0.519. The van der Waals surface area contributed by atoms with E-state index in [0.29, 0.717) is 5.92 Å². The SMILES string of the molecule is [2H]C(C)C(C)C. The lowest BCUT2D eigenvalue weighted by molar-refractivity contribution is 0.626. The van der Waals surface area contributed by atoms with Crippen LogP contribution in [0.4, 0.5) is 0 Å². The molecule has 0 saturated carbocycles. The van der Waals surface area contributed by atoms with Gasteiger partial charge in [0.15, 0.2) is 0 Å². The van der Waals surface area contributed by atoms with Gasteiger partial charge in [-0.25, -0.2) is 0 Å². The monoisotopic (exact) mass is 73.1 g/mol. The predicted octanol–water partition coefficient (Wildman–Crippen LogP) is 2.05. The van der Waals surface area contributed by atoms with Crippen molar-refractivity contribution < 1.29 is 1.37 Å². The minimum atomic E-state index is 0.102. The molecule has 0 aromatic heterocycles. The van der Waals surface area contributed by atoms with Crippen LogP contribution in [0.5, 0.6) is 0 Å². The molecular weight excluding hydrogens is 60.1 g/mol. The van der Waals surface area contributed by atoms with Crippen molar-refractivity contribution in [2.75, 3.05) is 0 Å². The molecule has 5 heavy (non-hydrogen) atoms. The fourth-order valence-corrected chi connectivity index (χ4v) is 0. The molecule has 0 heteroatoms. The summed E-state index contributed by atoms with van der Waals surface area (Å²) in [6.07, 6.45) is 0.102. The van der Waals surface area contributed by atoms with E-state index in [9.17, 15) is 0 Å². The first-order valence-corrected chi connectivity index (χ1v) is 2.07. The van der Waals surface area contributed by atoms with Gasteiger partial charge in [0.25, 0.3) is 0 Å². The maximum absolute atomic E-state index is 7.03. The van der Waals surface area contributed by atoms with Crippen molar-refractivity contribution in [2.24, 2.45) is 5.92 Å². The second-order valence-corrected chi connectivity index (χ2v) is 1.58. The number of rotatable bonds is 1. The number of hydrogen-bond donors (Lipinski definition) is 0. The molecule has 0 aromatic carbocycles. The van der Waals surface area contributed by atoms with E-state index in [4.69, 9.17) is 1.37 Å². The van der Waals surface area contributed by atoms with Gasteiger partial charge >= 0.3 is 0 Å². The Hall–Kier alpha value is 0. The van der Waals surface area contributed by atoms with Crippen LogP contribution in [0, 0.1) is 5.92 Å². The molecule has 0 aliphatic carbocycles. The first-order valence-electron chi connectivity index (χ1n) is 2.64. The Kier molecular flexibility index (Phi) is 1.44. The first kappa shape index (κ1) is 3.20. The van der Waals surface area contributed by atoms with Crippen molar-refractivity contribution in [3.8, 4) is 0 Å². The van der Waals surface area contributed by atoms with E-state index >= 15 is 0 Å². The predicted molar refractivity (Wildman–Crippen MR) is 25.1 cm³/mol. The Balaban J connectivity index is 2.99. The highest BCUT2D eigenvalue weighted by molar-refractivity contribution is 4.32. The van der Waals surface area contributed by atoms with E-state index in [0.717, 1.165) is 0 Å². The van der Waals surface area contributed by atoms with Gasteiger partial charge in [-0.3, -0.25) is 0 Å². The highest BCUT2D eigenvalue weighted by atomic mass is 13.9. The summed E-state index contributed by atoms with van der Waals surface area (Å²) in [6, 6.07) is 0. The van der Waals surface area contributed by atoms with Gasteiger partial charge in [0.05, 0.1) is 0 Å². The van der Waals surface area contributed by atoms with Gasteiger partial charge < -0.3 is 0 Å². The van der Waals surface area contributed by atoms with Crippen LogP contribution in [0.2, 0.25) is 0 Å². The van der Waals surface area contributed by atoms with Gasteiger partial charge in [-0.2, -0.15) is 0 Å². The van der Waals surface area contributed by atoms with E-state index in [1.807, 2.05) is 6.92 Å². The minimum Gasteiger partial charge on any atom is -0.0651 e. The Morgan fingerprint density at radius 3 is 2.00 bits per heavy atom. The summed E-state index contributed by atoms with van der Waals surface area (Å²) in [6.45, 7) is 6.01. The average Bonchev–Trinajstić information content (AvgIpc) is 1.36. The van der Waals surface area contributed by atoms with E-state index in [-0.39, 0.29) is 6.40 Å². The summed E-state index contributed by atoms with van der Waals surface area (Å²) in [5, 5.41) is 0. The highest BCUT2D eigenvalue weighted by Gasteiger charge is 1.80. The van der Waals surface area contributed by atoms with E-state index in [1.54, 1.807) is 0 Å². The summed E-state index contributed by atoms with van der Waals surface area (Å²) in [7, 11) is 0. The van der Waals surface area contributed by atoms with Crippen LogP contribution in [0.3, 0.4) is 0 Å². The zero-order valence-electron chi connectivity index (χ0n) is 5.15. The van der Waals surface area contributed by atoms with Crippen LogP contribution < -0.4 is 0 Å². The molecule has 0 N–H and O–H groups in total. The van der Waals surface area contributed by atoms with Gasteiger partial charge in [0.1, 0.15) is 0 Å². The van der Waals surface area contributed by atoms with E-state index in [1.165, 1.54) is 0 Å². The summed E-state index contributed by atoms with van der Waals surface area (Å²) in [4.78, 5) is 0. The van der Waals surface area contributed by atoms with Crippen molar-refractivity contribution in [1.29, 1.82) is 0 Å². The second kappa shape index (κ2) is 2.25. The van der Waals surface area contributed by atoms with Crippen molar-refractivity contribution in [2.45, 2.75) is 27.2 Å². The molecule has 1 atom stereocenters. The molecular formula is C5H12. The average molecular weight is 73.2 g/mol. The smallest absolute Gasteiger partial charge is 0.0266 e. The van der Waals surface area contributed by atoms with Crippen LogP contribution >= 0.6 is 0 Å². The third-order valence-corrected chi connectivity index (χ3v) is 0.667. The standard InChI is InChI=1S/C5H12/c1-4-5(2)3/h5H,4H2,1-3H3/i4D. The molecule has 32 valence electrons. The Morgan fingerprint density at radius 1 is 1.80 bits per heavy atom. The fourth-order valence-electron chi connectivity index (χ4n) is 0. The molecule has 0 nitrogen and oxygen atoms in total. The topological polar surface area (TPSA) is 0 Å². The largest absolute Gasteiger partial charge is 0.0651 e. The molecule has 0 rings (SSSR count). The van der Waals surface area contributed by atoms with Crippen molar-refractivity contribution in [3.05, 3.63) is 0 Å². The normalized spacial score (nSPS) is 18.8. The molecule has 0 fully saturated rings. The summed E-state index contributed by atoms with van der Waals surface area (Å²) >= 11 is 0. The van der Waals surface area contributed by atoms with Crippen LogP contribution in [0.25, 0.3) is 0 Å². The van der Waals surface area contributed by atoms with Crippen LogP contribution in [0.15, 0.2) is 0 Å². The van der Waals surface area contributed by atoms with Gasteiger partial charge in [-0.1, -0.05) is 27.2 Å². The van der Waals surface area contributed by atoms with Crippen molar-refractivity contribution in [3.63, 3.8) is 0 Å². The van der Waals surface area contributed by atoms with Crippen LogP contribution in [-0.4, -0.2) is 0 Å². The molecule has 0 radical (unpaired) electrons. The van der Waals surface area contributed by atoms with E-state index < -0.39 is 0 Å². The first-order chi connectivity index (χ1) is 2.64. The lowest BCUT2D eigenvalue weighted by atomic mass is 10.2. The molecule has 0 amide bonds. The van der Waals surface area contributed by atoms with E-state index in [2.05, 4.69) is 13.8 Å². The lowest BCUT2D eigenvalue weighted by Gasteiger charge is -1.90. The molecule has 0 saturated heterocycles. The molecule has 0 heterocycles. The van der Waals surface area contributed by atoms with Crippen LogP contribution in [0.1, 0.15) is 28.5 Å². The van der Waals surface area contributed by atoms with Crippen LogP contribution in [-0.2, 0) is 0 Å². The van der Waals surface area contributed by atoms with Gasteiger partial charge in [-0.05, 0) is 5.92 Å². The van der Waals surface area contributed by atoms with Gasteiger partial charge in [-0.15, -0.1) is 0 Å². The molecule has 0 aromatic rings. The molecule has 0 aliphatic rings. The third-order valence-electron chi connectivity index (χ3n) is 0.667. The third kappa shape index (κ3) is 4.00. The Labute approximate surface area is 35.6 Å². The maximum atomic E-state index is 7.03. The quantitative estimate of drug-likeness (QED) is 0.445. The second-order valence-electron chi connectivity index (χ2n) is 1.58. The van der Waals surface area contributed by atoms with Gasteiger partial charge in [0, 0.05) is 1.37 Å². The highest BCUT2D eigenvalue weighted by Crippen LogP contribution is 1.93. The minimum absolute atomic E-state index is 0.102. The zero-order chi connectivity index (χ0) is 5.15. The lowest BCUT2D eigenvalue weighted by Crippen LogP contribution is -1.77. The summed E-state index contributed by atoms with van der Waals surface area (Å²) in [5.41, 5.74) is 0. The summed E-state index contributed by atoms with van der Waals surface area (Å²) < 4.78 is 7.03. The Bertz CT molecular complexity index is 24.9. The number of hydrogen-bond acceptors (Lipinski definition) is 0. The van der Waals surface area contributed by atoms with Crippen molar-refractivity contribution in [1.82, 2.24) is 0 Å². The Morgan fingerprint density at radius 2 is 2.00 bits per heavy atom. The maximum Gasteiger partial charge on any atom is 0.0266 e. The molecule has 0 aliphatic heterocycles. The zero-order valence-corrected chi connectivity index (χ0v) is 4.15. The molecule has 0 bridgehead atoms. The fraction of sp³-hybridized carbons (Fsp3) is 1.00. The van der Waals surface area contributed by atoms with Crippen molar-refractivity contribution >= 4 is 0 Å².